The maximum absolute atomic E-state index is 14.1. The van der Waals surface area contributed by atoms with Crippen molar-refractivity contribution < 1.29 is 27.5 Å². The van der Waals surface area contributed by atoms with E-state index in [2.05, 4.69) is 5.32 Å². The second-order valence-corrected chi connectivity index (χ2v) is 11.6. The van der Waals surface area contributed by atoms with Crippen LogP contribution in [-0.2, 0) is 26.2 Å². The number of benzene rings is 3. The van der Waals surface area contributed by atoms with Crippen LogP contribution >= 0.6 is 23.2 Å². The lowest BCUT2D eigenvalue weighted by Gasteiger charge is -2.33. The quantitative estimate of drug-likeness (QED) is 0.283. The van der Waals surface area contributed by atoms with E-state index in [0.29, 0.717) is 34.3 Å². The van der Waals surface area contributed by atoms with E-state index < -0.39 is 28.5 Å². The van der Waals surface area contributed by atoms with E-state index in [0.717, 1.165) is 4.31 Å². The van der Waals surface area contributed by atoms with Crippen LogP contribution in [0.4, 0.5) is 5.69 Å². The highest BCUT2D eigenvalue weighted by molar-refractivity contribution is 7.92. The van der Waals surface area contributed by atoms with E-state index in [9.17, 15) is 18.0 Å². The van der Waals surface area contributed by atoms with Crippen LogP contribution in [0.25, 0.3) is 0 Å². The fourth-order valence-electron chi connectivity index (χ4n) is 4.26. The number of amides is 2. The predicted molar refractivity (Wildman–Crippen MR) is 160 cm³/mol. The third-order valence-electron chi connectivity index (χ3n) is 6.37. The number of hydrogen-bond acceptors (Lipinski definition) is 6. The third kappa shape index (κ3) is 7.63. The summed E-state index contributed by atoms with van der Waals surface area (Å²) in [5, 5.41) is 3.58. The molecule has 0 radical (unpaired) electrons. The van der Waals surface area contributed by atoms with Gasteiger partial charge in [0.15, 0.2) is 11.5 Å². The summed E-state index contributed by atoms with van der Waals surface area (Å²) in [4.78, 5) is 28.3. The SMILES string of the molecule is CCNC(=O)[C@H](CC)N(Cc1ccccc1Cl)C(=O)CN(c1ccc(Cl)cc1)S(=O)(=O)c1ccc(OC)c(OC)c1. The van der Waals surface area contributed by atoms with Gasteiger partial charge in [0.2, 0.25) is 11.8 Å². The minimum absolute atomic E-state index is 0.000980. The molecule has 0 saturated heterocycles. The zero-order chi connectivity index (χ0) is 30.2. The summed E-state index contributed by atoms with van der Waals surface area (Å²) in [6.45, 7) is 3.33. The van der Waals surface area contributed by atoms with Gasteiger partial charge in [-0.25, -0.2) is 8.42 Å². The molecule has 12 heteroatoms. The molecule has 3 aromatic carbocycles. The fourth-order valence-corrected chi connectivity index (χ4v) is 6.01. The molecule has 220 valence electrons. The smallest absolute Gasteiger partial charge is 0.264 e. The standard InChI is InChI=1S/C29H33Cl2N3O6S/c1-5-25(29(36)32-6-2)33(18-20-9-7-8-10-24(20)31)28(35)19-34(22-13-11-21(30)12-14-22)41(37,38)23-15-16-26(39-3)27(17-23)40-4/h7-17,25H,5-6,18-19H2,1-4H3,(H,32,36)/t25-/m0/s1. The van der Waals surface area contributed by atoms with Crippen molar-refractivity contribution in [2.45, 2.75) is 37.8 Å². The Hall–Kier alpha value is -3.47. The molecule has 0 spiro atoms. The Morgan fingerprint density at radius 2 is 1.59 bits per heavy atom. The molecule has 9 nitrogen and oxygen atoms in total. The van der Waals surface area contributed by atoms with Gasteiger partial charge in [0.25, 0.3) is 10.0 Å². The van der Waals surface area contributed by atoms with Crippen LogP contribution in [-0.4, -0.2) is 58.5 Å². The first-order chi connectivity index (χ1) is 19.6. The lowest BCUT2D eigenvalue weighted by Crippen LogP contribution is -2.52. The highest BCUT2D eigenvalue weighted by atomic mass is 35.5. The number of likely N-dealkylation sites (N-methyl/N-ethyl adjacent to an activating group) is 1. The van der Waals surface area contributed by atoms with Gasteiger partial charge in [-0.1, -0.05) is 48.3 Å². The summed E-state index contributed by atoms with van der Waals surface area (Å²) in [5.41, 5.74) is 0.826. The number of carbonyl (C=O) groups excluding carboxylic acids is 2. The maximum atomic E-state index is 14.1. The first kappa shape index (κ1) is 32.0. The van der Waals surface area contributed by atoms with Crippen LogP contribution in [0.5, 0.6) is 11.5 Å². The van der Waals surface area contributed by atoms with Crippen LogP contribution < -0.4 is 19.1 Å². The van der Waals surface area contributed by atoms with Crippen molar-refractivity contribution in [2.75, 3.05) is 31.6 Å². The molecule has 3 rings (SSSR count). The average molecular weight is 623 g/mol. The van der Waals surface area contributed by atoms with Crippen molar-refractivity contribution in [3.05, 3.63) is 82.3 Å². The normalized spacial score (nSPS) is 11.9. The average Bonchev–Trinajstić information content (AvgIpc) is 2.96. The fraction of sp³-hybridized carbons (Fsp3) is 0.310. The number of sulfonamides is 1. The number of anilines is 1. The van der Waals surface area contributed by atoms with Gasteiger partial charge in [-0.3, -0.25) is 13.9 Å². The Labute approximate surface area is 251 Å². The third-order valence-corrected chi connectivity index (χ3v) is 8.76. The van der Waals surface area contributed by atoms with Gasteiger partial charge in [-0.05, 0) is 61.4 Å². The minimum atomic E-state index is -4.32. The van der Waals surface area contributed by atoms with Gasteiger partial charge in [0.1, 0.15) is 12.6 Å². The Bertz CT molecular complexity index is 1470. The first-order valence-corrected chi connectivity index (χ1v) is 15.1. The van der Waals surface area contributed by atoms with E-state index >= 15 is 0 Å². The highest BCUT2D eigenvalue weighted by Crippen LogP contribution is 2.33. The summed E-state index contributed by atoms with van der Waals surface area (Å²) >= 11 is 12.5. The van der Waals surface area contributed by atoms with Crippen molar-refractivity contribution in [3.63, 3.8) is 0 Å². The van der Waals surface area contributed by atoms with Gasteiger partial charge >= 0.3 is 0 Å². The molecule has 3 aromatic rings. The van der Waals surface area contributed by atoms with Crippen molar-refractivity contribution in [1.82, 2.24) is 10.2 Å². The Morgan fingerprint density at radius 3 is 2.17 bits per heavy atom. The minimum Gasteiger partial charge on any atom is -0.493 e. The monoisotopic (exact) mass is 621 g/mol. The van der Waals surface area contributed by atoms with E-state index in [-0.39, 0.29) is 28.8 Å². The summed E-state index contributed by atoms with van der Waals surface area (Å²) in [6.07, 6.45) is 0.297. The second kappa shape index (κ2) is 14.4. The Balaban J connectivity index is 2.10. The van der Waals surface area contributed by atoms with E-state index in [1.165, 1.54) is 61.6 Å². The highest BCUT2D eigenvalue weighted by Gasteiger charge is 2.34. The number of nitrogens with one attached hydrogen (secondary N) is 1. The molecule has 0 aliphatic rings. The number of rotatable bonds is 13. The van der Waals surface area contributed by atoms with Gasteiger partial charge in [-0.15, -0.1) is 0 Å². The predicted octanol–water partition coefficient (Wildman–Crippen LogP) is 5.15. The lowest BCUT2D eigenvalue weighted by molar-refractivity contribution is -0.140. The van der Waals surface area contributed by atoms with Gasteiger partial charge in [-0.2, -0.15) is 0 Å². The topological polar surface area (TPSA) is 105 Å². The summed E-state index contributed by atoms with van der Waals surface area (Å²) < 4.78 is 39.7. The lowest BCUT2D eigenvalue weighted by atomic mass is 10.1. The van der Waals surface area contributed by atoms with Crippen LogP contribution in [0, 0.1) is 0 Å². The van der Waals surface area contributed by atoms with Gasteiger partial charge in [0, 0.05) is 29.2 Å². The van der Waals surface area contributed by atoms with E-state index in [1.54, 1.807) is 38.1 Å². The van der Waals surface area contributed by atoms with Crippen LogP contribution in [0.1, 0.15) is 25.8 Å². The molecule has 0 saturated carbocycles. The number of halogens is 2. The zero-order valence-electron chi connectivity index (χ0n) is 23.3. The summed E-state index contributed by atoms with van der Waals surface area (Å²) in [6, 6.07) is 16.4. The number of methoxy groups -OCH3 is 2. The molecular formula is C29H33Cl2N3O6S. The molecule has 0 aromatic heterocycles. The van der Waals surface area contributed by atoms with Crippen LogP contribution in [0.2, 0.25) is 10.0 Å². The molecule has 1 N–H and O–H groups in total. The molecule has 0 fully saturated rings. The summed E-state index contributed by atoms with van der Waals surface area (Å²) in [5.74, 6) is -0.393. The molecule has 0 aliphatic heterocycles. The Morgan fingerprint density at radius 1 is 0.927 bits per heavy atom. The molecule has 0 heterocycles. The van der Waals surface area contributed by atoms with Crippen molar-refractivity contribution in [3.8, 4) is 11.5 Å². The first-order valence-electron chi connectivity index (χ1n) is 12.9. The summed E-state index contributed by atoms with van der Waals surface area (Å²) in [7, 11) is -1.48. The van der Waals surface area contributed by atoms with Crippen molar-refractivity contribution in [2.24, 2.45) is 0 Å². The number of ether oxygens (including phenoxy) is 2. The molecule has 1 atom stereocenters. The van der Waals surface area contributed by atoms with Crippen molar-refractivity contribution in [1.29, 1.82) is 0 Å². The molecular weight excluding hydrogens is 589 g/mol. The maximum Gasteiger partial charge on any atom is 0.264 e. The number of hydrogen-bond donors (Lipinski definition) is 1. The van der Waals surface area contributed by atoms with Gasteiger partial charge in [0.05, 0.1) is 24.8 Å². The molecule has 0 unspecified atom stereocenters. The Kier molecular flexibility index (Phi) is 11.3. The van der Waals surface area contributed by atoms with E-state index in [4.69, 9.17) is 32.7 Å². The number of nitrogens with zero attached hydrogens (tertiary/aromatic N) is 2. The zero-order valence-corrected chi connectivity index (χ0v) is 25.6. The molecule has 2 amide bonds. The van der Waals surface area contributed by atoms with Crippen LogP contribution in [0.3, 0.4) is 0 Å². The number of carbonyl (C=O) groups is 2. The van der Waals surface area contributed by atoms with Crippen molar-refractivity contribution >= 4 is 50.7 Å². The van der Waals surface area contributed by atoms with E-state index in [1.807, 2.05) is 0 Å². The molecule has 41 heavy (non-hydrogen) atoms. The second-order valence-electron chi connectivity index (χ2n) is 8.94. The molecule has 0 aliphatic carbocycles. The largest absolute Gasteiger partial charge is 0.493 e. The van der Waals surface area contributed by atoms with Gasteiger partial charge < -0.3 is 19.7 Å². The van der Waals surface area contributed by atoms with Crippen LogP contribution in [0.15, 0.2) is 71.6 Å². The molecule has 0 bridgehead atoms.